The molecule has 0 radical (unpaired) electrons. The second-order valence-electron chi connectivity index (χ2n) is 5.00. The van der Waals surface area contributed by atoms with Gasteiger partial charge in [-0.1, -0.05) is 11.6 Å². The van der Waals surface area contributed by atoms with Crippen molar-refractivity contribution < 1.29 is 23.7 Å². The van der Waals surface area contributed by atoms with E-state index in [2.05, 4.69) is 0 Å². The fourth-order valence-corrected chi connectivity index (χ4v) is 2.04. The fraction of sp³-hybridized carbons (Fsp3) is 0.412. The van der Waals surface area contributed by atoms with Crippen molar-refractivity contribution in [3.05, 3.63) is 28.3 Å². The molecular formula is C17H20ClNO5. The molecule has 0 unspecified atom stereocenters. The SMILES string of the molecule is COCCOC(=O)/C(C#N)=C/c1cc(Cl)c(OC(C)C)c(OC)c1. The highest BCUT2D eigenvalue weighted by atomic mass is 35.5. The van der Waals surface area contributed by atoms with Crippen LogP contribution in [0, 0.1) is 11.3 Å². The Labute approximate surface area is 146 Å². The van der Waals surface area contributed by atoms with Gasteiger partial charge in [0.25, 0.3) is 0 Å². The van der Waals surface area contributed by atoms with E-state index in [9.17, 15) is 4.79 Å². The van der Waals surface area contributed by atoms with E-state index < -0.39 is 5.97 Å². The van der Waals surface area contributed by atoms with Crippen molar-refractivity contribution in [2.75, 3.05) is 27.4 Å². The highest BCUT2D eigenvalue weighted by Crippen LogP contribution is 2.37. The van der Waals surface area contributed by atoms with Crippen LogP contribution in [0.5, 0.6) is 11.5 Å². The third kappa shape index (κ3) is 5.76. The Morgan fingerprint density at radius 2 is 2.04 bits per heavy atom. The summed E-state index contributed by atoms with van der Waals surface area (Å²) in [6, 6.07) is 5.02. The number of hydrogen-bond donors (Lipinski definition) is 0. The number of benzene rings is 1. The van der Waals surface area contributed by atoms with Crippen LogP contribution >= 0.6 is 11.6 Å². The average molecular weight is 354 g/mol. The summed E-state index contributed by atoms with van der Waals surface area (Å²) in [6.45, 7) is 4.06. The lowest BCUT2D eigenvalue weighted by Gasteiger charge is -2.15. The number of carbonyl (C=O) groups excluding carboxylic acids is 1. The summed E-state index contributed by atoms with van der Waals surface area (Å²) < 4.78 is 20.6. The maximum Gasteiger partial charge on any atom is 0.348 e. The highest BCUT2D eigenvalue weighted by molar-refractivity contribution is 6.32. The molecule has 0 bridgehead atoms. The molecule has 0 N–H and O–H groups in total. The third-order valence-corrected chi connectivity index (χ3v) is 3.06. The van der Waals surface area contributed by atoms with E-state index in [1.807, 2.05) is 19.9 Å². The molecule has 24 heavy (non-hydrogen) atoms. The van der Waals surface area contributed by atoms with E-state index in [-0.39, 0.29) is 24.9 Å². The normalized spacial score (nSPS) is 11.1. The van der Waals surface area contributed by atoms with Gasteiger partial charge in [0.15, 0.2) is 11.5 Å². The zero-order valence-corrected chi connectivity index (χ0v) is 14.8. The zero-order valence-electron chi connectivity index (χ0n) is 14.1. The van der Waals surface area contributed by atoms with Crippen molar-refractivity contribution in [1.82, 2.24) is 0 Å². The Hall–Kier alpha value is -2.23. The molecule has 0 heterocycles. The third-order valence-electron chi connectivity index (χ3n) is 2.78. The van der Waals surface area contributed by atoms with Gasteiger partial charge in [0.1, 0.15) is 18.2 Å². The van der Waals surface area contributed by atoms with Crippen molar-refractivity contribution in [1.29, 1.82) is 5.26 Å². The summed E-state index contributed by atoms with van der Waals surface area (Å²) in [5, 5.41) is 9.46. The van der Waals surface area contributed by atoms with Gasteiger partial charge in [0.05, 0.1) is 24.8 Å². The number of hydrogen-bond acceptors (Lipinski definition) is 6. The number of halogens is 1. The quantitative estimate of drug-likeness (QED) is 0.309. The Bertz CT molecular complexity index is 649. The molecule has 0 aliphatic rings. The number of carbonyl (C=O) groups is 1. The van der Waals surface area contributed by atoms with Gasteiger partial charge in [0, 0.05) is 7.11 Å². The number of ether oxygens (including phenoxy) is 4. The monoisotopic (exact) mass is 353 g/mol. The van der Waals surface area contributed by atoms with Gasteiger partial charge in [-0.05, 0) is 37.6 Å². The van der Waals surface area contributed by atoms with Crippen LogP contribution in [-0.2, 0) is 14.3 Å². The molecule has 0 fully saturated rings. The van der Waals surface area contributed by atoms with Crippen LogP contribution in [0.1, 0.15) is 19.4 Å². The maximum absolute atomic E-state index is 11.8. The number of methoxy groups -OCH3 is 2. The fourth-order valence-electron chi connectivity index (χ4n) is 1.77. The largest absolute Gasteiger partial charge is 0.493 e. The van der Waals surface area contributed by atoms with Crippen LogP contribution in [0.4, 0.5) is 0 Å². The summed E-state index contributed by atoms with van der Waals surface area (Å²) in [5.41, 5.74) is 0.370. The zero-order chi connectivity index (χ0) is 18.1. The molecule has 0 aliphatic carbocycles. The molecule has 6 nitrogen and oxygen atoms in total. The van der Waals surface area contributed by atoms with Crippen molar-refractivity contribution >= 4 is 23.6 Å². The number of esters is 1. The van der Waals surface area contributed by atoms with Gasteiger partial charge in [-0.2, -0.15) is 5.26 Å². The molecule has 0 aliphatic heterocycles. The molecular weight excluding hydrogens is 334 g/mol. The second-order valence-corrected chi connectivity index (χ2v) is 5.41. The minimum absolute atomic E-state index is 0.0690. The Kier molecular flexibility index (Phi) is 8.10. The predicted molar refractivity (Wildman–Crippen MR) is 90.2 cm³/mol. The van der Waals surface area contributed by atoms with Gasteiger partial charge in [-0.3, -0.25) is 0 Å². The average Bonchev–Trinajstić information content (AvgIpc) is 2.54. The topological polar surface area (TPSA) is 77.8 Å². The van der Waals surface area contributed by atoms with Crippen LogP contribution in [0.2, 0.25) is 5.02 Å². The van der Waals surface area contributed by atoms with Gasteiger partial charge in [-0.25, -0.2) is 4.79 Å². The van der Waals surface area contributed by atoms with Gasteiger partial charge in [-0.15, -0.1) is 0 Å². The summed E-state index contributed by atoms with van der Waals surface area (Å²) in [5.74, 6) is 0.0899. The molecule has 0 amide bonds. The highest BCUT2D eigenvalue weighted by Gasteiger charge is 2.15. The Balaban J connectivity index is 3.10. The smallest absolute Gasteiger partial charge is 0.348 e. The molecule has 0 saturated heterocycles. The van der Waals surface area contributed by atoms with Gasteiger partial charge in [0.2, 0.25) is 0 Å². The van der Waals surface area contributed by atoms with Gasteiger partial charge < -0.3 is 18.9 Å². The molecule has 0 spiro atoms. The van der Waals surface area contributed by atoms with E-state index in [4.69, 9.17) is 35.8 Å². The lowest BCUT2D eigenvalue weighted by molar-refractivity contribution is -0.139. The van der Waals surface area contributed by atoms with E-state index in [1.165, 1.54) is 20.3 Å². The Morgan fingerprint density at radius 3 is 2.58 bits per heavy atom. The van der Waals surface area contributed by atoms with Crippen molar-refractivity contribution in [3.8, 4) is 17.6 Å². The standard InChI is InChI=1S/C17H20ClNO5/c1-11(2)24-16-14(18)8-12(9-15(16)22-4)7-13(10-19)17(20)23-6-5-21-3/h7-9,11H,5-6H2,1-4H3/b13-7+. The van der Waals surface area contributed by atoms with E-state index in [0.717, 1.165) is 0 Å². The summed E-state index contributed by atoms with van der Waals surface area (Å²) >= 11 is 6.22. The first-order valence-electron chi connectivity index (χ1n) is 7.25. The minimum atomic E-state index is -0.729. The first-order chi connectivity index (χ1) is 11.4. The number of nitriles is 1. The summed E-state index contributed by atoms with van der Waals surface area (Å²) in [6.07, 6.45) is 1.30. The second kappa shape index (κ2) is 9.81. The number of rotatable bonds is 8. The van der Waals surface area contributed by atoms with Crippen LogP contribution in [-0.4, -0.2) is 39.5 Å². The predicted octanol–water partition coefficient (Wildman–Crippen LogP) is 3.23. The van der Waals surface area contributed by atoms with Crippen LogP contribution in [0.25, 0.3) is 6.08 Å². The molecule has 0 aromatic heterocycles. The molecule has 7 heteroatoms. The maximum atomic E-state index is 11.8. The first-order valence-corrected chi connectivity index (χ1v) is 7.62. The number of nitrogens with zero attached hydrogens (tertiary/aromatic N) is 1. The molecule has 1 rings (SSSR count). The van der Waals surface area contributed by atoms with Crippen molar-refractivity contribution in [2.45, 2.75) is 20.0 Å². The van der Waals surface area contributed by atoms with E-state index in [0.29, 0.717) is 22.1 Å². The van der Waals surface area contributed by atoms with Crippen molar-refractivity contribution in [3.63, 3.8) is 0 Å². The summed E-state index contributed by atoms with van der Waals surface area (Å²) in [7, 11) is 2.97. The Morgan fingerprint density at radius 1 is 1.33 bits per heavy atom. The molecule has 0 atom stereocenters. The molecule has 0 saturated carbocycles. The van der Waals surface area contributed by atoms with E-state index in [1.54, 1.807) is 12.1 Å². The molecule has 130 valence electrons. The minimum Gasteiger partial charge on any atom is -0.493 e. The first kappa shape index (κ1) is 19.8. The van der Waals surface area contributed by atoms with Crippen LogP contribution < -0.4 is 9.47 Å². The lowest BCUT2D eigenvalue weighted by Crippen LogP contribution is -2.11. The molecule has 1 aromatic rings. The van der Waals surface area contributed by atoms with Gasteiger partial charge >= 0.3 is 5.97 Å². The van der Waals surface area contributed by atoms with Crippen LogP contribution in [0.15, 0.2) is 17.7 Å². The van der Waals surface area contributed by atoms with Crippen LogP contribution in [0.3, 0.4) is 0 Å². The lowest BCUT2D eigenvalue weighted by atomic mass is 10.1. The summed E-state index contributed by atoms with van der Waals surface area (Å²) in [4.78, 5) is 11.8. The van der Waals surface area contributed by atoms with Crippen molar-refractivity contribution in [2.24, 2.45) is 0 Å². The van der Waals surface area contributed by atoms with E-state index >= 15 is 0 Å². The molecule has 1 aromatic carbocycles.